The molecule has 0 spiro atoms. The molecule has 1 aromatic heterocycles. The van der Waals surface area contributed by atoms with Crippen LogP contribution >= 0.6 is 0 Å². The monoisotopic (exact) mass is 614 g/mol. The lowest BCUT2D eigenvalue weighted by Crippen LogP contribution is -2.40. The van der Waals surface area contributed by atoms with Gasteiger partial charge < -0.3 is 25.0 Å². The zero-order valence-corrected chi connectivity index (χ0v) is 26.8. The van der Waals surface area contributed by atoms with Gasteiger partial charge in [-0.3, -0.25) is 14.5 Å². The van der Waals surface area contributed by atoms with Gasteiger partial charge in [0.1, 0.15) is 18.8 Å². The third-order valence-corrected chi connectivity index (χ3v) is 8.54. The van der Waals surface area contributed by atoms with Crippen molar-refractivity contribution >= 4 is 23.2 Å². The Bertz CT molecular complexity index is 1450. The number of unbranched alkanes of at least 4 members (excludes halogenated alkanes) is 1. The molecule has 0 saturated carbocycles. The van der Waals surface area contributed by atoms with Gasteiger partial charge in [-0.1, -0.05) is 24.6 Å². The first kappa shape index (κ1) is 32.4. The molecule has 6 bridgehead atoms. The third kappa shape index (κ3) is 9.25. The van der Waals surface area contributed by atoms with Crippen molar-refractivity contribution in [3.63, 3.8) is 0 Å². The van der Waals surface area contributed by atoms with Crippen LogP contribution in [-0.4, -0.2) is 84.9 Å². The van der Waals surface area contributed by atoms with Crippen molar-refractivity contribution in [2.24, 2.45) is 5.92 Å². The summed E-state index contributed by atoms with van der Waals surface area (Å²) in [4.78, 5) is 40.5. The number of anilines is 2. The van der Waals surface area contributed by atoms with Gasteiger partial charge in [0.25, 0.3) is 0 Å². The number of rotatable bonds is 6. The fourth-order valence-electron chi connectivity index (χ4n) is 6.23. The number of carbonyl (C=O) groups excluding carboxylic acids is 2. The number of carbonyl (C=O) groups is 2. The topological polar surface area (TPSA) is 109 Å². The van der Waals surface area contributed by atoms with E-state index in [4.69, 9.17) is 9.47 Å². The maximum Gasteiger partial charge on any atom is 0.223 e. The quantitative estimate of drug-likeness (QED) is 0.385. The summed E-state index contributed by atoms with van der Waals surface area (Å²) in [6.07, 6.45) is 6.77. The Labute approximate surface area is 266 Å². The molecule has 0 radical (unpaired) electrons. The van der Waals surface area contributed by atoms with Gasteiger partial charge in [0.15, 0.2) is 17.3 Å². The van der Waals surface area contributed by atoms with Crippen LogP contribution < -0.4 is 20.1 Å². The van der Waals surface area contributed by atoms with E-state index in [9.17, 15) is 9.59 Å². The van der Waals surface area contributed by atoms with Crippen molar-refractivity contribution < 1.29 is 19.1 Å². The van der Waals surface area contributed by atoms with Gasteiger partial charge in [-0.15, -0.1) is 0 Å². The number of benzene rings is 2. The maximum atomic E-state index is 13.7. The Kier molecular flexibility index (Phi) is 11.4. The van der Waals surface area contributed by atoms with Gasteiger partial charge >= 0.3 is 0 Å². The summed E-state index contributed by atoms with van der Waals surface area (Å²) in [5, 5.41) is 6.48. The lowest BCUT2D eigenvalue weighted by atomic mass is 9.91. The Hall–Kier alpha value is -4.02. The minimum atomic E-state index is -0.362. The van der Waals surface area contributed by atoms with Gasteiger partial charge in [0, 0.05) is 37.1 Å². The number of nitrogens with one attached hydrogen (secondary N) is 2. The van der Waals surface area contributed by atoms with Crippen LogP contribution in [0, 0.1) is 5.92 Å². The molecule has 2 aromatic carbocycles. The second-order valence-electron chi connectivity index (χ2n) is 12.3. The second-order valence-corrected chi connectivity index (χ2v) is 12.3. The van der Waals surface area contributed by atoms with Crippen molar-refractivity contribution in [2.45, 2.75) is 57.5 Å². The number of fused-ring (bicyclic) bond motifs is 7. The molecular formula is C35H46N6O4. The molecule has 0 aliphatic carbocycles. The molecule has 2 N–H and O–H groups in total. The highest BCUT2D eigenvalue weighted by Crippen LogP contribution is 2.30. The van der Waals surface area contributed by atoms with E-state index in [1.54, 1.807) is 13.4 Å². The van der Waals surface area contributed by atoms with E-state index in [0.717, 1.165) is 61.3 Å². The lowest BCUT2D eigenvalue weighted by molar-refractivity contribution is -0.131. The number of hydrogen-bond acceptors (Lipinski definition) is 9. The minimum absolute atomic E-state index is 0.0810. The SMILES string of the molecule is COc1ccc2cc1OCCNC(=O)[C@H](CCCCN(C)C)CC(=O)[C@@H]1CCCN1Cc1cccc(c1)Nc1cc(ncn1)C2. The van der Waals surface area contributed by atoms with Crippen LogP contribution in [0.15, 0.2) is 54.9 Å². The molecular weight excluding hydrogens is 568 g/mol. The molecule has 1 fully saturated rings. The summed E-state index contributed by atoms with van der Waals surface area (Å²) < 4.78 is 11.6. The van der Waals surface area contributed by atoms with Gasteiger partial charge in [0.2, 0.25) is 5.91 Å². The Morgan fingerprint density at radius 1 is 1.07 bits per heavy atom. The fraction of sp³-hybridized carbons (Fsp3) is 0.486. The highest BCUT2D eigenvalue weighted by molar-refractivity contribution is 5.90. The van der Waals surface area contributed by atoms with E-state index < -0.39 is 0 Å². The number of ether oxygens (including phenoxy) is 2. The lowest BCUT2D eigenvalue weighted by Gasteiger charge is -2.25. The van der Waals surface area contributed by atoms with E-state index in [2.05, 4.69) is 56.6 Å². The van der Waals surface area contributed by atoms with E-state index in [1.807, 2.05) is 36.4 Å². The number of hydrogen-bond donors (Lipinski definition) is 2. The zero-order valence-electron chi connectivity index (χ0n) is 26.8. The number of methoxy groups -OCH3 is 1. The van der Waals surface area contributed by atoms with Crippen molar-refractivity contribution in [2.75, 3.05) is 52.8 Å². The summed E-state index contributed by atoms with van der Waals surface area (Å²) in [6.45, 7) is 3.12. The molecule has 3 aromatic rings. The number of ketones is 1. The smallest absolute Gasteiger partial charge is 0.223 e. The zero-order chi connectivity index (χ0) is 31.6. The van der Waals surface area contributed by atoms with Crippen LogP contribution in [0.3, 0.4) is 0 Å². The third-order valence-electron chi connectivity index (χ3n) is 8.54. The highest BCUT2D eigenvalue weighted by atomic mass is 16.5. The predicted octanol–water partition coefficient (Wildman–Crippen LogP) is 4.60. The van der Waals surface area contributed by atoms with Crippen molar-refractivity contribution in [1.82, 2.24) is 25.1 Å². The van der Waals surface area contributed by atoms with Crippen molar-refractivity contribution in [1.29, 1.82) is 0 Å². The number of nitrogens with zero attached hydrogens (tertiary/aromatic N) is 4. The van der Waals surface area contributed by atoms with Gasteiger partial charge in [-0.05, 0) is 88.3 Å². The Balaban J connectivity index is 1.39. The molecule has 10 heteroatoms. The molecule has 0 unspecified atom stereocenters. The summed E-state index contributed by atoms with van der Waals surface area (Å²) in [6, 6.07) is 15.9. The van der Waals surface area contributed by atoms with E-state index >= 15 is 0 Å². The number of amides is 1. The highest BCUT2D eigenvalue weighted by Gasteiger charge is 2.33. The summed E-state index contributed by atoms with van der Waals surface area (Å²) in [5.41, 5.74) is 3.93. The Morgan fingerprint density at radius 2 is 1.96 bits per heavy atom. The van der Waals surface area contributed by atoms with E-state index in [-0.39, 0.29) is 36.7 Å². The van der Waals surface area contributed by atoms with Gasteiger partial charge in [-0.25, -0.2) is 9.97 Å². The summed E-state index contributed by atoms with van der Waals surface area (Å²) in [7, 11) is 5.71. The Morgan fingerprint density at radius 3 is 2.80 bits per heavy atom. The first-order chi connectivity index (χ1) is 21.9. The first-order valence-corrected chi connectivity index (χ1v) is 16.0. The minimum Gasteiger partial charge on any atom is -0.493 e. The van der Waals surface area contributed by atoms with E-state index in [0.29, 0.717) is 43.2 Å². The molecule has 2 aliphatic heterocycles. The standard InChI is InChI=1S/C35H46N6O4/c1-40(2)15-5-4-9-27-21-31(42)30-11-7-16-41(30)23-26-8-6-10-28(19-26)39-34-22-29(37-24-38-34)18-25-12-13-32(44-3)33(20-25)45-17-14-36-35(27)43/h6,8,10,12-13,19-20,22,24,27,30H,4-5,7,9,11,14-18,21,23H2,1-3H3,(H,36,43)(H,37,38,39)/t27-,30+/m1/s1. The molecule has 3 heterocycles. The molecule has 5 rings (SSSR count). The molecule has 45 heavy (non-hydrogen) atoms. The summed E-state index contributed by atoms with van der Waals surface area (Å²) >= 11 is 0. The molecule has 2 aliphatic rings. The fourth-order valence-corrected chi connectivity index (χ4v) is 6.23. The van der Waals surface area contributed by atoms with Crippen LogP contribution in [0.5, 0.6) is 11.5 Å². The van der Waals surface area contributed by atoms with Crippen LogP contribution in [-0.2, 0) is 22.6 Å². The first-order valence-electron chi connectivity index (χ1n) is 16.0. The van der Waals surface area contributed by atoms with Crippen molar-refractivity contribution in [3.05, 3.63) is 71.7 Å². The van der Waals surface area contributed by atoms with Crippen LogP contribution in [0.25, 0.3) is 0 Å². The van der Waals surface area contributed by atoms with E-state index in [1.165, 1.54) is 0 Å². The molecule has 1 amide bonds. The largest absolute Gasteiger partial charge is 0.493 e. The molecule has 2 atom stereocenters. The predicted molar refractivity (Wildman–Crippen MR) is 175 cm³/mol. The van der Waals surface area contributed by atoms with Gasteiger partial charge in [-0.2, -0.15) is 0 Å². The molecule has 240 valence electrons. The maximum absolute atomic E-state index is 13.7. The van der Waals surface area contributed by atoms with Gasteiger partial charge in [0.05, 0.1) is 25.4 Å². The average Bonchev–Trinajstić information content (AvgIpc) is 3.49. The average molecular weight is 615 g/mol. The number of aromatic nitrogens is 2. The van der Waals surface area contributed by atoms with Crippen molar-refractivity contribution in [3.8, 4) is 11.5 Å². The summed E-state index contributed by atoms with van der Waals surface area (Å²) in [5.74, 6) is 1.65. The molecule has 10 nitrogen and oxygen atoms in total. The normalized spacial score (nSPS) is 19.8. The molecule has 1 saturated heterocycles. The second kappa shape index (κ2) is 15.8. The van der Waals surface area contributed by atoms with Crippen LogP contribution in [0.2, 0.25) is 0 Å². The van der Waals surface area contributed by atoms with Crippen LogP contribution in [0.1, 0.15) is 55.3 Å². The number of Topliss-reactive ketones (excluding diaryl/α,β-unsaturated/α-hetero) is 1. The van der Waals surface area contributed by atoms with Crippen LogP contribution in [0.4, 0.5) is 11.5 Å².